The van der Waals surface area contributed by atoms with Gasteiger partial charge in [0, 0.05) is 19.7 Å². The number of nitrogens with zero attached hydrogens (tertiary/aromatic N) is 4. The molecule has 8 nitrogen and oxygen atoms in total. The molecule has 0 atom stereocenters. The number of nitrogens with one attached hydrogen (secondary N) is 2. The summed E-state index contributed by atoms with van der Waals surface area (Å²) in [6.07, 6.45) is 3.65. The molecule has 132 valence electrons. The van der Waals surface area contributed by atoms with E-state index in [2.05, 4.69) is 25.7 Å². The number of anilines is 1. The van der Waals surface area contributed by atoms with Crippen LogP contribution in [-0.2, 0) is 16.1 Å². The predicted octanol–water partition coefficient (Wildman–Crippen LogP) is 1.35. The van der Waals surface area contributed by atoms with Gasteiger partial charge in [-0.3, -0.25) is 4.79 Å². The fraction of sp³-hybridized carbons (Fsp3) is 0.571. The Balaban J connectivity index is 2.14. The average molecular weight is 373 g/mol. The van der Waals surface area contributed by atoms with Crippen LogP contribution in [0.4, 0.5) is 5.82 Å². The van der Waals surface area contributed by atoms with E-state index < -0.39 is 0 Å². The van der Waals surface area contributed by atoms with Gasteiger partial charge in [0.05, 0.1) is 24.7 Å². The lowest BCUT2D eigenvalue weighted by Crippen LogP contribution is -2.28. The molecule has 2 rings (SSSR count). The summed E-state index contributed by atoms with van der Waals surface area (Å²) in [5.74, 6) is 0.484. The van der Waals surface area contributed by atoms with E-state index in [-0.39, 0.29) is 11.8 Å². The van der Waals surface area contributed by atoms with Crippen LogP contribution in [0.5, 0.6) is 0 Å². The molecule has 0 spiro atoms. The Bertz CT molecular complexity index is 681. The molecule has 2 aromatic rings. The Hall–Kier alpha value is -1.58. The fourth-order valence-electron chi connectivity index (χ4n) is 2.06. The summed E-state index contributed by atoms with van der Waals surface area (Å²) < 4.78 is 7.08. The Labute approximate surface area is 149 Å². The number of thioether (sulfide) groups is 1. The van der Waals surface area contributed by atoms with Crippen molar-refractivity contribution in [3.63, 3.8) is 0 Å². The van der Waals surface area contributed by atoms with Crippen LogP contribution < -0.4 is 10.6 Å². The Kier molecular flexibility index (Phi) is 7.54. The molecular weight excluding hydrogens is 352 g/mol. The normalized spacial score (nSPS) is 11.0. The third-order valence-electron chi connectivity index (χ3n) is 3.17. The third kappa shape index (κ3) is 4.96. The highest BCUT2D eigenvalue weighted by Crippen LogP contribution is 2.23. The molecule has 2 aromatic heterocycles. The number of hydrogen-bond acceptors (Lipinski definition) is 7. The fourth-order valence-corrected chi connectivity index (χ4v) is 2.51. The highest BCUT2D eigenvalue weighted by molar-refractivity contribution is 7.98. The lowest BCUT2D eigenvalue weighted by Gasteiger charge is -2.09. The lowest BCUT2D eigenvalue weighted by atomic mass is 10.4. The summed E-state index contributed by atoms with van der Waals surface area (Å²) in [6, 6.07) is 0. The minimum atomic E-state index is -0.203. The van der Waals surface area contributed by atoms with Crippen molar-refractivity contribution >= 4 is 46.1 Å². The number of ether oxygens (including phenoxy) is 1. The standard InChI is InChI=1S/C14H21ClN6O2S/c1-3-23-7-5-17-12-10-9-18-21(6-4-16-11(22)8-15)13(10)20-14(19-12)24-2/h9H,3-8H2,1-2H3,(H,16,22)(H,17,19,20). The van der Waals surface area contributed by atoms with E-state index in [4.69, 9.17) is 16.3 Å². The maximum atomic E-state index is 11.2. The van der Waals surface area contributed by atoms with E-state index in [0.717, 1.165) is 16.9 Å². The molecule has 0 aromatic carbocycles. The molecule has 0 fully saturated rings. The predicted molar refractivity (Wildman–Crippen MR) is 95.8 cm³/mol. The van der Waals surface area contributed by atoms with Gasteiger partial charge in [-0.25, -0.2) is 14.6 Å². The van der Waals surface area contributed by atoms with Gasteiger partial charge in [0.15, 0.2) is 10.8 Å². The molecule has 2 heterocycles. The second-order valence-electron chi connectivity index (χ2n) is 4.77. The molecule has 0 unspecified atom stereocenters. The highest BCUT2D eigenvalue weighted by atomic mass is 35.5. The number of aromatic nitrogens is 4. The SMILES string of the molecule is CCOCCNc1nc(SC)nc2c1cnn2CCNC(=O)CCl. The van der Waals surface area contributed by atoms with E-state index >= 15 is 0 Å². The number of amides is 1. The first-order chi connectivity index (χ1) is 11.7. The second-order valence-corrected chi connectivity index (χ2v) is 5.81. The smallest absolute Gasteiger partial charge is 0.234 e. The third-order valence-corrected chi connectivity index (χ3v) is 3.96. The topological polar surface area (TPSA) is 94.0 Å². The summed E-state index contributed by atoms with van der Waals surface area (Å²) in [7, 11) is 0. The molecule has 0 aliphatic heterocycles. The number of halogens is 1. The molecule has 10 heteroatoms. The largest absolute Gasteiger partial charge is 0.380 e. The number of rotatable bonds is 10. The van der Waals surface area contributed by atoms with E-state index in [1.54, 1.807) is 10.9 Å². The molecule has 2 N–H and O–H groups in total. The second kappa shape index (κ2) is 9.65. The first-order valence-electron chi connectivity index (χ1n) is 7.61. The summed E-state index contributed by atoms with van der Waals surface area (Å²) in [4.78, 5) is 20.2. The summed E-state index contributed by atoms with van der Waals surface area (Å²) in [6.45, 7) is 4.86. The molecule has 0 saturated carbocycles. The van der Waals surface area contributed by atoms with Crippen LogP contribution in [0, 0.1) is 0 Å². The first-order valence-corrected chi connectivity index (χ1v) is 9.37. The van der Waals surface area contributed by atoms with Crippen molar-refractivity contribution in [3.8, 4) is 0 Å². The highest BCUT2D eigenvalue weighted by Gasteiger charge is 2.12. The zero-order chi connectivity index (χ0) is 17.4. The van der Waals surface area contributed by atoms with Gasteiger partial charge in [0.2, 0.25) is 5.91 Å². The van der Waals surface area contributed by atoms with Crippen molar-refractivity contribution in [1.29, 1.82) is 0 Å². The van der Waals surface area contributed by atoms with Crippen molar-refractivity contribution in [2.45, 2.75) is 18.6 Å². The molecule has 0 bridgehead atoms. The first kappa shape index (κ1) is 18.8. The van der Waals surface area contributed by atoms with Gasteiger partial charge in [-0.2, -0.15) is 5.10 Å². The Morgan fingerprint density at radius 2 is 2.25 bits per heavy atom. The summed E-state index contributed by atoms with van der Waals surface area (Å²) >= 11 is 6.93. The van der Waals surface area contributed by atoms with Crippen LogP contribution in [0.2, 0.25) is 0 Å². The minimum Gasteiger partial charge on any atom is -0.380 e. The van der Waals surface area contributed by atoms with Crippen molar-refractivity contribution in [1.82, 2.24) is 25.1 Å². The minimum absolute atomic E-state index is 0.0491. The van der Waals surface area contributed by atoms with Crippen LogP contribution in [0.25, 0.3) is 11.0 Å². The summed E-state index contributed by atoms with van der Waals surface area (Å²) in [5, 5.41) is 11.8. The number of carbonyl (C=O) groups excluding carboxylic acids is 1. The molecule has 0 aliphatic carbocycles. The molecule has 1 amide bonds. The van der Waals surface area contributed by atoms with E-state index in [0.29, 0.717) is 38.0 Å². The van der Waals surface area contributed by atoms with Gasteiger partial charge in [-0.1, -0.05) is 11.8 Å². The van der Waals surface area contributed by atoms with Gasteiger partial charge in [-0.05, 0) is 13.2 Å². The molecule has 0 saturated heterocycles. The van der Waals surface area contributed by atoms with E-state index in [1.807, 2.05) is 13.2 Å². The van der Waals surface area contributed by atoms with Gasteiger partial charge >= 0.3 is 0 Å². The van der Waals surface area contributed by atoms with Crippen LogP contribution in [0.1, 0.15) is 6.92 Å². The van der Waals surface area contributed by atoms with Gasteiger partial charge in [0.25, 0.3) is 0 Å². The average Bonchev–Trinajstić information content (AvgIpc) is 3.01. The van der Waals surface area contributed by atoms with E-state index in [9.17, 15) is 4.79 Å². The monoisotopic (exact) mass is 372 g/mol. The van der Waals surface area contributed by atoms with Crippen LogP contribution >= 0.6 is 23.4 Å². The number of alkyl halides is 1. The van der Waals surface area contributed by atoms with Crippen LogP contribution in [0.3, 0.4) is 0 Å². The number of hydrogen-bond donors (Lipinski definition) is 2. The maximum Gasteiger partial charge on any atom is 0.234 e. The zero-order valence-electron chi connectivity index (χ0n) is 13.7. The molecular formula is C14H21ClN6O2S. The Morgan fingerprint density at radius 1 is 1.42 bits per heavy atom. The lowest BCUT2D eigenvalue weighted by molar-refractivity contribution is -0.118. The van der Waals surface area contributed by atoms with Crippen LogP contribution in [-0.4, -0.2) is 64.1 Å². The van der Waals surface area contributed by atoms with Crippen molar-refractivity contribution < 1.29 is 9.53 Å². The zero-order valence-corrected chi connectivity index (χ0v) is 15.3. The molecule has 24 heavy (non-hydrogen) atoms. The van der Waals surface area contributed by atoms with Gasteiger partial charge in [-0.15, -0.1) is 11.6 Å². The molecule has 0 radical (unpaired) electrons. The van der Waals surface area contributed by atoms with Crippen LogP contribution in [0.15, 0.2) is 11.4 Å². The van der Waals surface area contributed by atoms with Gasteiger partial charge < -0.3 is 15.4 Å². The summed E-state index contributed by atoms with van der Waals surface area (Å²) in [5.41, 5.74) is 0.730. The van der Waals surface area contributed by atoms with Crippen molar-refractivity contribution in [3.05, 3.63) is 6.20 Å². The number of carbonyl (C=O) groups is 1. The van der Waals surface area contributed by atoms with Crippen molar-refractivity contribution in [2.75, 3.05) is 43.8 Å². The maximum absolute atomic E-state index is 11.2. The quantitative estimate of drug-likeness (QED) is 0.281. The van der Waals surface area contributed by atoms with Gasteiger partial charge in [0.1, 0.15) is 11.7 Å². The van der Waals surface area contributed by atoms with E-state index in [1.165, 1.54) is 11.8 Å². The Morgan fingerprint density at radius 3 is 2.96 bits per heavy atom. The molecule has 0 aliphatic rings. The number of fused-ring (bicyclic) bond motifs is 1. The van der Waals surface area contributed by atoms with Crippen molar-refractivity contribution in [2.24, 2.45) is 0 Å².